The van der Waals surface area contributed by atoms with E-state index in [9.17, 15) is 4.79 Å². The molecule has 29 heavy (non-hydrogen) atoms. The molecule has 0 aliphatic rings. The molecule has 0 radical (unpaired) electrons. The van der Waals surface area contributed by atoms with Gasteiger partial charge in [-0.25, -0.2) is 0 Å². The van der Waals surface area contributed by atoms with Gasteiger partial charge in [0.15, 0.2) is 5.76 Å². The van der Waals surface area contributed by atoms with Crippen molar-refractivity contribution in [3.63, 3.8) is 0 Å². The molecular formula is C24H26BrNO3. The largest absolute Gasteiger partial charge is 0.484 e. The lowest BCUT2D eigenvalue weighted by molar-refractivity contribution is 0.0903. The Labute approximate surface area is 180 Å². The molecule has 2 aromatic carbocycles. The zero-order chi connectivity index (χ0) is 20.8. The molecule has 4 nitrogen and oxygen atoms in total. The Morgan fingerprint density at radius 2 is 1.72 bits per heavy atom. The molecule has 3 aromatic rings. The predicted octanol–water partition coefficient (Wildman–Crippen LogP) is 6.63. The maximum absolute atomic E-state index is 12.7. The minimum Gasteiger partial charge on any atom is -0.484 e. The number of nitrogens with one attached hydrogen (secondary N) is 1. The summed E-state index contributed by atoms with van der Waals surface area (Å²) in [6.45, 7) is 6.65. The fourth-order valence-corrected chi connectivity index (χ4v) is 3.45. The first-order valence-electron chi connectivity index (χ1n) is 9.84. The topological polar surface area (TPSA) is 51.5 Å². The minimum absolute atomic E-state index is 0.0613. The van der Waals surface area contributed by atoms with Crippen LogP contribution in [0.1, 0.15) is 66.6 Å². The van der Waals surface area contributed by atoms with Gasteiger partial charge in [0.05, 0.1) is 10.5 Å². The SMILES string of the molecule is CC[C@@H](NC(=O)c1ccc(COc2ccccc2Br)o1)c1ccc(C(C)C)cc1. The highest BCUT2D eigenvalue weighted by atomic mass is 79.9. The fraction of sp³-hybridized carbons (Fsp3) is 0.292. The molecule has 1 N–H and O–H groups in total. The number of hydrogen-bond donors (Lipinski definition) is 1. The standard InChI is InChI=1S/C24H26BrNO3/c1-4-21(18-11-9-17(10-12-18)16(2)3)26-24(27)23-14-13-19(29-23)15-28-22-8-6-5-7-20(22)25/h5-14,16,21H,4,15H2,1-3H3,(H,26,27)/t21-/m1/s1. The van der Waals surface area contributed by atoms with E-state index in [1.807, 2.05) is 24.3 Å². The molecule has 0 spiro atoms. The Morgan fingerprint density at radius 3 is 2.38 bits per heavy atom. The maximum Gasteiger partial charge on any atom is 0.287 e. The summed E-state index contributed by atoms with van der Waals surface area (Å²) in [6, 6.07) is 19.4. The van der Waals surface area contributed by atoms with E-state index < -0.39 is 0 Å². The molecule has 5 heteroatoms. The van der Waals surface area contributed by atoms with Crippen LogP contribution in [0.5, 0.6) is 5.75 Å². The number of carbonyl (C=O) groups excluding carboxylic acids is 1. The van der Waals surface area contributed by atoms with E-state index in [2.05, 4.69) is 66.3 Å². The average molecular weight is 456 g/mol. The molecule has 0 unspecified atom stereocenters. The third kappa shape index (κ3) is 5.51. The molecule has 1 heterocycles. The Bertz CT molecular complexity index is 947. The van der Waals surface area contributed by atoms with Gasteiger partial charge in [-0.2, -0.15) is 0 Å². The Morgan fingerprint density at radius 1 is 1.03 bits per heavy atom. The zero-order valence-corrected chi connectivity index (χ0v) is 18.5. The van der Waals surface area contributed by atoms with E-state index in [-0.39, 0.29) is 24.3 Å². The van der Waals surface area contributed by atoms with Gasteiger partial charge in [0.2, 0.25) is 0 Å². The third-order valence-corrected chi connectivity index (χ3v) is 5.47. The normalized spacial score (nSPS) is 12.0. The summed E-state index contributed by atoms with van der Waals surface area (Å²) in [5, 5.41) is 3.06. The highest BCUT2D eigenvalue weighted by molar-refractivity contribution is 9.10. The van der Waals surface area contributed by atoms with Crippen LogP contribution < -0.4 is 10.1 Å². The molecule has 1 amide bonds. The third-order valence-electron chi connectivity index (χ3n) is 4.81. The zero-order valence-electron chi connectivity index (χ0n) is 16.9. The Kier molecular flexibility index (Phi) is 7.15. The Balaban J connectivity index is 1.62. The van der Waals surface area contributed by atoms with Gasteiger partial charge in [0, 0.05) is 0 Å². The van der Waals surface area contributed by atoms with Crippen LogP contribution in [0.2, 0.25) is 0 Å². The number of benzene rings is 2. The summed E-state index contributed by atoms with van der Waals surface area (Å²) in [5.74, 6) is 1.87. The van der Waals surface area contributed by atoms with Gasteiger partial charge in [-0.3, -0.25) is 4.79 Å². The summed E-state index contributed by atoms with van der Waals surface area (Å²) < 4.78 is 12.3. The van der Waals surface area contributed by atoms with Crippen molar-refractivity contribution in [2.75, 3.05) is 0 Å². The summed E-state index contributed by atoms with van der Waals surface area (Å²) in [7, 11) is 0. The van der Waals surface area contributed by atoms with E-state index in [4.69, 9.17) is 9.15 Å². The van der Waals surface area contributed by atoms with Crippen molar-refractivity contribution in [1.82, 2.24) is 5.32 Å². The molecule has 0 saturated carbocycles. The summed E-state index contributed by atoms with van der Waals surface area (Å²) in [4.78, 5) is 12.7. The Hall–Kier alpha value is -2.53. The van der Waals surface area contributed by atoms with Gasteiger partial charge in [-0.05, 0) is 63.7 Å². The van der Waals surface area contributed by atoms with Gasteiger partial charge in [0.25, 0.3) is 5.91 Å². The van der Waals surface area contributed by atoms with Crippen LogP contribution in [-0.2, 0) is 6.61 Å². The van der Waals surface area contributed by atoms with Crippen LogP contribution in [0.3, 0.4) is 0 Å². The van der Waals surface area contributed by atoms with Crippen LogP contribution in [0, 0.1) is 0 Å². The summed E-state index contributed by atoms with van der Waals surface area (Å²) in [6.07, 6.45) is 0.797. The summed E-state index contributed by atoms with van der Waals surface area (Å²) in [5.41, 5.74) is 2.38. The van der Waals surface area contributed by atoms with Crippen LogP contribution in [0.4, 0.5) is 0 Å². The lowest BCUT2D eigenvalue weighted by atomic mass is 9.98. The lowest BCUT2D eigenvalue weighted by Crippen LogP contribution is -2.27. The second-order valence-corrected chi connectivity index (χ2v) is 8.10. The van der Waals surface area contributed by atoms with Gasteiger partial charge >= 0.3 is 0 Å². The number of carbonyl (C=O) groups is 1. The molecule has 0 fully saturated rings. The molecule has 0 aliphatic heterocycles. The van der Waals surface area contributed by atoms with E-state index >= 15 is 0 Å². The summed E-state index contributed by atoms with van der Waals surface area (Å²) >= 11 is 3.45. The van der Waals surface area contributed by atoms with Crippen molar-refractivity contribution in [2.45, 2.75) is 45.8 Å². The van der Waals surface area contributed by atoms with Crippen LogP contribution in [-0.4, -0.2) is 5.91 Å². The second kappa shape index (κ2) is 9.79. The van der Waals surface area contributed by atoms with Crippen LogP contribution >= 0.6 is 15.9 Å². The molecule has 1 atom stereocenters. The number of rotatable bonds is 8. The maximum atomic E-state index is 12.7. The molecule has 0 saturated heterocycles. The first-order chi connectivity index (χ1) is 14.0. The van der Waals surface area contributed by atoms with Crippen LogP contribution in [0.15, 0.2) is 69.6 Å². The van der Waals surface area contributed by atoms with Gasteiger partial charge < -0.3 is 14.5 Å². The van der Waals surface area contributed by atoms with Gasteiger partial charge in [0.1, 0.15) is 18.1 Å². The first kappa shape index (κ1) is 21.2. The van der Waals surface area contributed by atoms with Crippen molar-refractivity contribution in [2.24, 2.45) is 0 Å². The van der Waals surface area contributed by atoms with Crippen molar-refractivity contribution in [3.8, 4) is 5.75 Å². The molecule has 3 rings (SSSR count). The number of halogens is 1. The van der Waals surface area contributed by atoms with Crippen molar-refractivity contribution >= 4 is 21.8 Å². The monoisotopic (exact) mass is 455 g/mol. The van der Waals surface area contributed by atoms with Crippen molar-refractivity contribution in [1.29, 1.82) is 0 Å². The second-order valence-electron chi connectivity index (χ2n) is 7.24. The van der Waals surface area contributed by atoms with Crippen molar-refractivity contribution in [3.05, 3.63) is 87.8 Å². The lowest BCUT2D eigenvalue weighted by Gasteiger charge is -2.17. The number of furan rings is 1. The molecule has 0 bridgehead atoms. The molecule has 0 aliphatic carbocycles. The van der Waals surface area contributed by atoms with E-state index in [1.54, 1.807) is 12.1 Å². The number of para-hydroxylation sites is 1. The predicted molar refractivity (Wildman–Crippen MR) is 118 cm³/mol. The van der Waals surface area contributed by atoms with Crippen molar-refractivity contribution < 1.29 is 13.9 Å². The van der Waals surface area contributed by atoms with Gasteiger partial charge in [-0.15, -0.1) is 0 Å². The fourth-order valence-electron chi connectivity index (χ4n) is 3.05. The molecular weight excluding hydrogens is 430 g/mol. The van der Waals surface area contributed by atoms with E-state index in [1.165, 1.54) is 5.56 Å². The van der Waals surface area contributed by atoms with E-state index in [0.29, 0.717) is 11.7 Å². The number of hydrogen-bond acceptors (Lipinski definition) is 3. The smallest absolute Gasteiger partial charge is 0.287 e. The average Bonchev–Trinajstić information content (AvgIpc) is 3.20. The minimum atomic E-state index is -0.225. The number of ether oxygens (including phenoxy) is 1. The van der Waals surface area contributed by atoms with Crippen LogP contribution in [0.25, 0.3) is 0 Å². The highest BCUT2D eigenvalue weighted by Gasteiger charge is 2.17. The van der Waals surface area contributed by atoms with E-state index in [0.717, 1.165) is 22.2 Å². The first-order valence-corrected chi connectivity index (χ1v) is 10.6. The quantitative estimate of drug-likeness (QED) is 0.414. The number of amides is 1. The highest BCUT2D eigenvalue weighted by Crippen LogP contribution is 2.25. The molecule has 152 valence electrons. The van der Waals surface area contributed by atoms with Gasteiger partial charge in [-0.1, -0.05) is 57.2 Å². The molecule has 1 aromatic heterocycles.